The molecule has 5 heteroatoms. The Morgan fingerprint density at radius 3 is 2.45 bits per heavy atom. The van der Waals surface area contributed by atoms with E-state index in [9.17, 15) is 4.79 Å². The lowest BCUT2D eigenvalue weighted by molar-refractivity contribution is 0.0726. The average Bonchev–Trinajstić information content (AvgIpc) is 2.42. The molecule has 0 aliphatic rings. The SMILES string of the molecule is O=C(COCc1ccc(Cl)cc1Cl)c1ccc(Br)cc1. The molecule has 0 fully saturated rings. The monoisotopic (exact) mass is 372 g/mol. The molecule has 0 atom stereocenters. The number of hydrogen-bond donors (Lipinski definition) is 0. The number of benzene rings is 2. The molecule has 0 aliphatic heterocycles. The van der Waals surface area contributed by atoms with Crippen LogP contribution in [0.5, 0.6) is 0 Å². The molecule has 0 heterocycles. The van der Waals surface area contributed by atoms with Crippen molar-refractivity contribution >= 4 is 44.9 Å². The highest BCUT2D eigenvalue weighted by Gasteiger charge is 2.07. The molecule has 2 rings (SSSR count). The van der Waals surface area contributed by atoms with Crippen molar-refractivity contribution < 1.29 is 9.53 Å². The normalized spacial score (nSPS) is 10.6. The van der Waals surface area contributed by atoms with Gasteiger partial charge in [0.25, 0.3) is 0 Å². The minimum Gasteiger partial charge on any atom is -0.369 e. The zero-order valence-electron chi connectivity index (χ0n) is 10.4. The van der Waals surface area contributed by atoms with E-state index >= 15 is 0 Å². The predicted molar refractivity (Wildman–Crippen MR) is 84.6 cm³/mol. The molecule has 0 saturated heterocycles. The van der Waals surface area contributed by atoms with Crippen LogP contribution in [0.25, 0.3) is 0 Å². The smallest absolute Gasteiger partial charge is 0.188 e. The molecule has 2 nitrogen and oxygen atoms in total. The molecule has 20 heavy (non-hydrogen) atoms. The van der Waals surface area contributed by atoms with E-state index in [-0.39, 0.29) is 19.0 Å². The maximum Gasteiger partial charge on any atom is 0.188 e. The van der Waals surface area contributed by atoms with E-state index in [4.69, 9.17) is 27.9 Å². The molecule has 2 aromatic rings. The molecule has 104 valence electrons. The first kappa shape index (κ1) is 15.5. The maximum absolute atomic E-state index is 11.9. The van der Waals surface area contributed by atoms with E-state index in [2.05, 4.69) is 15.9 Å². The second kappa shape index (κ2) is 7.23. The predicted octanol–water partition coefficient (Wildman–Crippen LogP) is 5.16. The summed E-state index contributed by atoms with van der Waals surface area (Å²) in [6.45, 7) is 0.291. The molecule has 0 saturated carbocycles. The van der Waals surface area contributed by atoms with Crippen molar-refractivity contribution in [1.82, 2.24) is 0 Å². The lowest BCUT2D eigenvalue weighted by atomic mass is 10.1. The summed E-state index contributed by atoms with van der Waals surface area (Å²) in [7, 11) is 0. The minimum absolute atomic E-state index is 0.0145. The van der Waals surface area contributed by atoms with E-state index in [0.29, 0.717) is 15.6 Å². The molecule has 0 spiro atoms. The second-order valence-corrected chi connectivity index (χ2v) is 5.92. The Morgan fingerprint density at radius 1 is 1.10 bits per heavy atom. The fraction of sp³-hybridized carbons (Fsp3) is 0.133. The van der Waals surface area contributed by atoms with E-state index in [1.807, 2.05) is 12.1 Å². The average molecular weight is 374 g/mol. The first-order valence-electron chi connectivity index (χ1n) is 5.86. The Morgan fingerprint density at radius 2 is 1.80 bits per heavy atom. The van der Waals surface area contributed by atoms with Gasteiger partial charge in [0.2, 0.25) is 0 Å². The molecule has 0 radical (unpaired) electrons. The third-order valence-electron chi connectivity index (χ3n) is 2.67. The van der Waals surface area contributed by atoms with Crippen LogP contribution in [0.1, 0.15) is 15.9 Å². The first-order chi connectivity index (χ1) is 9.56. The van der Waals surface area contributed by atoms with Crippen LogP contribution in [0.2, 0.25) is 10.0 Å². The van der Waals surface area contributed by atoms with E-state index < -0.39 is 0 Å². The number of rotatable bonds is 5. The van der Waals surface area contributed by atoms with Crippen LogP contribution in [0.4, 0.5) is 0 Å². The first-order valence-corrected chi connectivity index (χ1v) is 7.41. The van der Waals surface area contributed by atoms with Crippen LogP contribution in [0.15, 0.2) is 46.9 Å². The van der Waals surface area contributed by atoms with Crippen molar-refractivity contribution in [3.05, 3.63) is 68.1 Å². The third kappa shape index (κ3) is 4.32. The molecule has 0 unspecified atom stereocenters. The number of carbonyl (C=O) groups is 1. The number of hydrogen-bond acceptors (Lipinski definition) is 2. The number of ether oxygens (including phenoxy) is 1. The van der Waals surface area contributed by atoms with Crippen LogP contribution < -0.4 is 0 Å². The second-order valence-electron chi connectivity index (χ2n) is 4.16. The highest BCUT2D eigenvalue weighted by molar-refractivity contribution is 9.10. The number of halogens is 3. The van der Waals surface area contributed by atoms with Crippen molar-refractivity contribution in [1.29, 1.82) is 0 Å². The van der Waals surface area contributed by atoms with Crippen LogP contribution in [-0.4, -0.2) is 12.4 Å². The van der Waals surface area contributed by atoms with Gasteiger partial charge in [-0.15, -0.1) is 0 Å². The zero-order valence-corrected chi connectivity index (χ0v) is 13.5. The summed E-state index contributed by atoms with van der Waals surface area (Å²) in [6, 6.07) is 12.3. The molecular weight excluding hydrogens is 363 g/mol. The molecule has 2 aromatic carbocycles. The minimum atomic E-state index is -0.0671. The van der Waals surface area contributed by atoms with Gasteiger partial charge < -0.3 is 4.74 Å². The lowest BCUT2D eigenvalue weighted by Gasteiger charge is -2.06. The molecule has 0 N–H and O–H groups in total. The largest absolute Gasteiger partial charge is 0.369 e. The van der Waals surface area contributed by atoms with Gasteiger partial charge in [-0.2, -0.15) is 0 Å². The van der Waals surface area contributed by atoms with Gasteiger partial charge >= 0.3 is 0 Å². The summed E-state index contributed by atoms with van der Waals surface area (Å²) in [4.78, 5) is 11.9. The summed E-state index contributed by atoms with van der Waals surface area (Å²) >= 11 is 15.2. The number of Topliss-reactive ketones (excluding diaryl/α,β-unsaturated/α-hetero) is 1. The van der Waals surface area contributed by atoms with Gasteiger partial charge in [-0.25, -0.2) is 0 Å². The van der Waals surface area contributed by atoms with Gasteiger partial charge in [0.1, 0.15) is 6.61 Å². The van der Waals surface area contributed by atoms with Crippen LogP contribution in [-0.2, 0) is 11.3 Å². The van der Waals surface area contributed by atoms with Gasteiger partial charge in [0, 0.05) is 20.1 Å². The van der Waals surface area contributed by atoms with Crippen LogP contribution in [0, 0.1) is 0 Å². The van der Waals surface area contributed by atoms with E-state index in [1.165, 1.54) is 0 Å². The molecular formula is C15H11BrCl2O2. The van der Waals surface area contributed by atoms with Crippen molar-refractivity contribution in [3.63, 3.8) is 0 Å². The van der Waals surface area contributed by atoms with Crippen molar-refractivity contribution in [2.45, 2.75) is 6.61 Å². The summed E-state index contributed by atoms with van der Waals surface area (Å²) in [5.41, 5.74) is 1.43. The lowest BCUT2D eigenvalue weighted by Crippen LogP contribution is -2.09. The Bertz CT molecular complexity index is 612. The Hall–Kier alpha value is -0.870. The standard InChI is InChI=1S/C15H11BrCl2O2/c16-12-4-1-10(2-5-12)15(19)9-20-8-11-3-6-13(17)7-14(11)18/h1-7H,8-9H2. The van der Waals surface area contributed by atoms with Gasteiger partial charge in [0.05, 0.1) is 6.61 Å². The van der Waals surface area contributed by atoms with Gasteiger partial charge in [0.15, 0.2) is 5.78 Å². The Kier molecular flexibility index (Phi) is 5.61. The summed E-state index contributed by atoms with van der Waals surface area (Å²) in [5.74, 6) is -0.0671. The van der Waals surface area contributed by atoms with Crippen molar-refractivity contribution in [3.8, 4) is 0 Å². The summed E-state index contributed by atoms with van der Waals surface area (Å²) in [5, 5.41) is 1.11. The van der Waals surface area contributed by atoms with Gasteiger partial charge in [-0.1, -0.05) is 57.3 Å². The molecule has 0 aliphatic carbocycles. The maximum atomic E-state index is 11.9. The summed E-state index contributed by atoms with van der Waals surface area (Å²) in [6.07, 6.45) is 0. The number of ketones is 1. The highest BCUT2D eigenvalue weighted by Crippen LogP contribution is 2.21. The molecule has 0 aromatic heterocycles. The highest BCUT2D eigenvalue weighted by atomic mass is 79.9. The zero-order chi connectivity index (χ0) is 14.5. The Balaban J connectivity index is 1.89. The Labute approximate surface area is 135 Å². The molecule has 0 bridgehead atoms. The van der Waals surface area contributed by atoms with Crippen LogP contribution >= 0.6 is 39.1 Å². The molecule has 0 amide bonds. The van der Waals surface area contributed by atoms with E-state index in [0.717, 1.165) is 10.0 Å². The number of carbonyl (C=O) groups excluding carboxylic acids is 1. The topological polar surface area (TPSA) is 26.3 Å². The summed E-state index contributed by atoms with van der Waals surface area (Å²) < 4.78 is 6.33. The van der Waals surface area contributed by atoms with Gasteiger partial charge in [-0.05, 0) is 29.8 Å². The fourth-order valence-electron chi connectivity index (χ4n) is 1.61. The van der Waals surface area contributed by atoms with Gasteiger partial charge in [-0.3, -0.25) is 4.79 Å². The van der Waals surface area contributed by atoms with E-state index in [1.54, 1.807) is 30.3 Å². The van der Waals surface area contributed by atoms with Crippen molar-refractivity contribution in [2.24, 2.45) is 0 Å². The third-order valence-corrected chi connectivity index (χ3v) is 3.79. The fourth-order valence-corrected chi connectivity index (χ4v) is 2.34. The van der Waals surface area contributed by atoms with Crippen LogP contribution in [0.3, 0.4) is 0 Å². The van der Waals surface area contributed by atoms with Crippen molar-refractivity contribution in [2.75, 3.05) is 6.61 Å². The quantitative estimate of drug-likeness (QED) is 0.677.